The fourth-order valence-electron chi connectivity index (χ4n) is 4.37. The Morgan fingerprint density at radius 3 is 1.95 bits per heavy atom. The minimum absolute atomic E-state index is 0.0152. The van der Waals surface area contributed by atoms with E-state index in [9.17, 15) is 23.1 Å². The van der Waals surface area contributed by atoms with Gasteiger partial charge in [0.2, 0.25) is 10.0 Å². The van der Waals surface area contributed by atoms with E-state index < -0.39 is 45.7 Å². The van der Waals surface area contributed by atoms with Crippen molar-refractivity contribution in [2.45, 2.75) is 66.3 Å². The Labute approximate surface area is 239 Å². The molecule has 0 spiro atoms. The maximum Gasteiger partial charge on any atom is 0.412 e. The largest absolute Gasteiger partial charge is 0.435 e. The highest BCUT2D eigenvalue weighted by Gasteiger charge is 2.38. The van der Waals surface area contributed by atoms with E-state index in [1.54, 1.807) is 32.9 Å². The van der Waals surface area contributed by atoms with Gasteiger partial charge in [0.1, 0.15) is 6.23 Å². The molecule has 1 unspecified atom stereocenters. The Morgan fingerprint density at radius 1 is 0.975 bits per heavy atom. The SMILES string of the molecule is CC(C)CCN(C[C@@H](Cc1ccccc1)[C@H](O)N(Cc1ccccc1)C(=O)OC(C(N)=O)C(C)(C)C)S(C)(=O)=O. The molecule has 2 aromatic rings. The summed E-state index contributed by atoms with van der Waals surface area (Å²) in [6.45, 7) is 9.45. The Bertz CT molecular complexity index is 1180. The van der Waals surface area contributed by atoms with E-state index in [-0.39, 0.29) is 25.6 Å². The average Bonchev–Trinajstić information content (AvgIpc) is 2.86. The molecular weight excluding hydrogens is 530 g/mol. The van der Waals surface area contributed by atoms with Gasteiger partial charge in [-0.3, -0.25) is 9.69 Å². The molecule has 2 aromatic carbocycles. The first-order valence-electron chi connectivity index (χ1n) is 13.6. The van der Waals surface area contributed by atoms with Gasteiger partial charge in [-0.2, -0.15) is 0 Å². The first-order valence-corrected chi connectivity index (χ1v) is 15.4. The van der Waals surface area contributed by atoms with Crippen LogP contribution in [0.2, 0.25) is 0 Å². The highest BCUT2D eigenvalue weighted by Crippen LogP contribution is 2.26. The first-order chi connectivity index (χ1) is 18.6. The summed E-state index contributed by atoms with van der Waals surface area (Å²) in [5.41, 5.74) is 6.38. The lowest BCUT2D eigenvalue weighted by atomic mass is 9.88. The predicted octanol–water partition coefficient (Wildman–Crippen LogP) is 4.01. The molecule has 222 valence electrons. The number of amides is 2. The molecule has 3 atom stereocenters. The zero-order chi connectivity index (χ0) is 30.1. The number of carbonyl (C=O) groups excluding carboxylic acids is 2. The fraction of sp³-hybridized carbons (Fsp3) is 0.533. The van der Waals surface area contributed by atoms with Crippen molar-refractivity contribution in [3.8, 4) is 0 Å². The van der Waals surface area contributed by atoms with Crippen LogP contribution in [0.5, 0.6) is 0 Å². The molecular formula is C30H45N3O6S. The van der Waals surface area contributed by atoms with E-state index in [0.29, 0.717) is 12.8 Å². The lowest BCUT2D eigenvalue weighted by molar-refractivity contribution is -0.134. The molecule has 3 N–H and O–H groups in total. The lowest BCUT2D eigenvalue weighted by Crippen LogP contribution is -2.52. The van der Waals surface area contributed by atoms with Gasteiger partial charge in [-0.05, 0) is 29.9 Å². The van der Waals surface area contributed by atoms with Gasteiger partial charge in [0.15, 0.2) is 6.10 Å². The van der Waals surface area contributed by atoms with E-state index in [4.69, 9.17) is 10.5 Å². The monoisotopic (exact) mass is 575 g/mol. The van der Waals surface area contributed by atoms with Gasteiger partial charge in [0, 0.05) is 24.4 Å². The van der Waals surface area contributed by atoms with Crippen LogP contribution in [0.4, 0.5) is 4.79 Å². The van der Waals surface area contributed by atoms with Crippen molar-refractivity contribution in [2.75, 3.05) is 19.3 Å². The summed E-state index contributed by atoms with van der Waals surface area (Å²) in [5, 5.41) is 11.8. The van der Waals surface area contributed by atoms with Crippen molar-refractivity contribution in [2.24, 2.45) is 23.0 Å². The standard InChI is InChI=1S/C30H45N3O6S/c1-22(2)17-18-32(40(6,37)38)21-25(19-23-13-9-7-10-14-23)28(35)33(20-24-15-11-8-12-16-24)29(36)39-26(27(31)34)30(3,4)5/h7-16,22,25-26,28,35H,17-21H2,1-6H3,(H2,31,34)/t25-,26?,28+/m1/s1. The third-order valence-corrected chi connectivity index (χ3v) is 7.91. The number of hydrogen-bond donors (Lipinski definition) is 2. The van der Waals surface area contributed by atoms with E-state index in [2.05, 4.69) is 0 Å². The molecule has 2 rings (SSSR count). The molecule has 0 aromatic heterocycles. The maximum atomic E-state index is 13.6. The van der Waals surface area contributed by atoms with Gasteiger partial charge < -0.3 is 15.6 Å². The zero-order valence-corrected chi connectivity index (χ0v) is 25.3. The molecule has 0 saturated carbocycles. The lowest BCUT2D eigenvalue weighted by Gasteiger charge is -2.37. The quantitative estimate of drug-likeness (QED) is 0.328. The fourth-order valence-corrected chi connectivity index (χ4v) is 5.27. The van der Waals surface area contributed by atoms with Crippen molar-refractivity contribution < 1.29 is 27.9 Å². The predicted molar refractivity (Wildman–Crippen MR) is 156 cm³/mol. The molecule has 0 saturated heterocycles. The van der Waals surface area contributed by atoms with Crippen molar-refractivity contribution in [3.05, 3.63) is 71.8 Å². The molecule has 0 aliphatic carbocycles. The van der Waals surface area contributed by atoms with Gasteiger partial charge in [0.25, 0.3) is 5.91 Å². The van der Waals surface area contributed by atoms with Crippen LogP contribution >= 0.6 is 0 Å². The number of aliphatic hydroxyl groups is 1. The van der Waals surface area contributed by atoms with Crippen LogP contribution in [0.15, 0.2) is 60.7 Å². The first kappa shape index (κ1) is 33.3. The van der Waals surface area contributed by atoms with Crippen LogP contribution in [0.25, 0.3) is 0 Å². The summed E-state index contributed by atoms with van der Waals surface area (Å²) in [4.78, 5) is 26.9. The highest BCUT2D eigenvalue weighted by atomic mass is 32.2. The van der Waals surface area contributed by atoms with Gasteiger partial charge >= 0.3 is 6.09 Å². The van der Waals surface area contributed by atoms with Gasteiger partial charge in [-0.1, -0.05) is 95.3 Å². The number of nitrogens with zero attached hydrogens (tertiary/aromatic N) is 2. The van der Waals surface area contributed by atoms with Gasteiger partial charge in [-0.15, -0.1) is 0 Å². The van der Waals surface area contributed by atoms with Crippen LogP contribution in [0.1, 0.15) is 52.2 Å². The zero-order valence-electron chi connectivity index (χ0n) is 24.5. The average molecular weight is 576 g/mol. The Hall–Kier alpha value is -2.95. The summed E-state index contributed by atoms with van der Waals surface area (Å²) in [6, 6.07) is 18.4. The maximum absolute atomic E-state index is 13.6. The Morgan fingerprint density at radius 2 is 1.50 bits per heavy atom. The summed E-state index contributed by atoms with van der Waals surface area (Å²) < 4.78 is 32.5. The van der Waals surface area contributed by atoms with Gasteiger partial charge in [0.05, 0.1) is 12.8 Å². The summed E-state index contributed by atoms with van der Waals surface area (Å²) >= 11 is 0. The van der Waals surface area contributed by atoms with E-state index in [0.717, 1.165) is 22.3 Å². The highest BCUT2D eigenvalue weighted by molar-refractivity contribution is 7.88. The molecule has 0 heterocycles. The molecule has 0 bridgehead atoms. The number of carbonyl (C=O) groups is 2. The second-order valence-corrected chi connectivity index (χ2v) is 13.8. The molecule has 0 aliphatic rings. The van der Waals surface area contributed by atoms with E-state index in [1.807, 2.05) is 62.4 Å². The number of sulfonamides is 1. The normalized spacial score (nSPS) is 14.5. The minimum atomic E-state index is -3.61. The van der Waals surface area contributed by atoms with Crippen molar-refractivity contribution in [3.63, 3.8) is 0 Å². The molecule has 40 heavy (non-hydrogen) atoms. The molecule has 0 aliphatic heterocycles. The van der Waals surface area contributed by atoms with Crippen molar-refractivity contribution in [1.29, 1.82) is 0 Å². The van der Waals surface area contributed by atoms with E-state index in [1.165, 1.54) is 4.31 Å². The van der Waals surface area contributed by atoms with Crippen LogP contribution in [-0.2, 0) is 32.5 Å². The number of aliphatic hydroxyl groups excluding tert-OH is 1. The number of primary amides is 1. The number of ether oxygens (including phenoxy) is 1. The van der Waals surface area contributed by atoms with Crippen LogP contribution in [-0.4, -0.2) is 66.4 Å². The second kappa shape index (κ2) is 14.6. The minimum Gasteiger partial charge on any atom is -0.435 e. The summed E-state index contributed by atoms with van der Waals surface area (Å²) in [6.07, 6.45) is -1.51. The third kappa shape index (κ3) is 10.6. The number of hydrogen-bond acceptors (Lipinski definition) is 6. The Kier molecular flexibility index (Phi) is 12.2. The molecule has 0 radical (unpaired) electrons. The topological polar surface area (TPSA) is 130 Å². The number of nitrogens with two attached hydrogens (primary N) is 1. The van der Waals surface area contributed by atoms with E-state index >= 15 is 0 Å². The van der Waals surface area contributed by atoms with Crippen molar-refractivity contribution in [1.82, 2.24) is 9.21 Å². The summed E-state index contributed by atoms with van der Waals surface area (Å²) in [7, 11) is -3.61. The number of benzene rings is 2. The number of rotatable bonds is 14. The molecule has 9 nitrogen and oxygen atoms in total. The van der Waals surface area contributed by atoms with Crippen LogP contribution in [0, 0.1) is 17.3 Å². The molecule has 0 fully saturated rings. The third-order valence-electron chi connectivity index (χ3n) is 6.64. The smallest absolute Gasteiger partial charge is 0.412 e. The molecule has 10 heteroatoms. The second-order valence-electron chi connectivity index (χ2n) is 11.8. The van der Waals surface area contributed by atoms with Crippen molar-refractivity contribution >= 4 is 22.0 Å². The summed E-state index contributed by atoms with van der Waals surface area (Å²) in [5.74, 6) is -1.23. The Balaban J connectivity index is 2.51. The molecule has 2 amide bonds. The van der Waals surface area contributed by atoms with Crippen LogP contribution < -0.4 is 5.73 Å². The van der Waals surface area contributed by atoms with Gasteiger partial charge in [-0.25, -0.2) is 17.5 Å². The van der Waals surface area contributed by atoms with Crippen LogP contribution in [0.3, 0.4) is 0 Å².